The van der Waals surface area contributed by atoms with Crippen molar-refractivity contribution in [3.63, 3.8) is 0 Å². The summed E-state index contributed by atoms with van der Waals surface area (Å²) in [4.78, 5) is 29.0. The van der Waals surface area contributed by atoms with Crippen LogP contribution in [0.2, 0.25) is 0 Å². The van der Waals surface area contributed by atoms with E-state index in [9.17, 15) is 19.8 Å². The minimum absolute atomic E-state index is 0.200. The average Bonchev–Trinajstić information content (AvgIpc) is 3.30. The summed E-state index contributed by atoms with van der Waals surface area (Å²) in [6, 6.07) is 4.66. The molecule has 0 spiro atoms. The summed E-state index contributed by atoms with van der Waals surface area (Å²) in [6.45, 7) is 0. The fourth-order valence-electron chi connectivity index (χ4n) is 6.20. The topological polar surface area (TPSA) is 92.4 Å². The van der Waals surface area contributed by atoms with Gasteiger partial charge in [-0.05, 0) is 67.9 Å². The maximum Gasteiger partial charge on any atom is 0.336 e. The van der Waals surface area contributed by atoms with Crippen molar-refractivity contribution in [1.29, 1.82) is 0 Å². The van der Waals surface area contributed by atoms with Crippen LogP contribution >= 0.6 is 0 Å². The number of carbonyl (C=O) groups is 2. The molecule has 0 amide bonds. The van der Waals surface area contributed by atoms with E-state index in [4.69, 9.17) is 4.98 Å². The molecule has 1 aromatic heterocycles. The third-order valence-electron chi connectivity index (χ3n) is 7.81. The van der Waals surface area contributed by atoms with Gasteiger partial charge in [-0.1, -0.05) is 43.6 Å². The molecule has 6 rings (SSSR count). The Bertz CT molecular complexity index is 1440. The molecule has 0 atom stereocenters. The Kier molecular flexibility index (Phi) is 5.32. The first-order valence-electron chi connectivity index (χ1n) is 12.6. The molecule has 1 fully saturated rings. The standard InChI is InChI=1S/C29H28N2O4/c32-28(33)23-15-14-18(16-24(23)29(34)35)31-26-22-13-7-5-11-20(22)19-10-4-6-12-21(19)25(26)30-27(31)17-8-2-1-3-9-17/h6-7,12-17H,1-5,8-11H2,(H,32,33)(H,34,35). The second-order valence-electron chi connectivity index (χ2n) is 9.84. The summed E-state index contributed by atoms with van der Waals surface area (Å²) < 4.78 is 2.14. The van der Waals surface area contributed by atoms with Crippen LogP contribution in [-0.2, 0) is 12.8 Å². The molecule has 2 aromatic carbocycles. The molecular weight excluding hydrogens is 440 g/mol. The number of imidazole rings is 1. The monoisotopic (exact) mass is 468 g/mol. The molecule has 0 saturated heterocycles. The molecule has 6 heteroatoms. The molecule has 0 aliphatic heterocycles. The number of hydrogen-bond acceptors (Lipinski definition) is 3. The molecule has 2 N–H and O–H groups in total. The van der Waals surface area contributed by atoms with Gasteiger partial charge in [0, 0.05) is 22.7 Å². The second-order valence-corrected chi connectivity index (χ2v) is 9.84. The van der Waals surface area contributed by atoms with Crippen LogP contribution in [0.15, 0.2) is 30.4 Å². The van der Waals surface area contributed by atoms with Gasteiger partial charge in [0.25, 0.3) is 0 Å². The Morgan fingerprint density at radius 3 is 2.20 bits per heavy atom. The van der Waals surface area contributed by atoms with E-state index < -0.39 is 11.9 Å². The number of aromatic carboxylic acids is 2. The highest BCUT2D eigenvalue weighted by atomic mass is 16.4. The smallest absolute Gasteiger partial charge is 0.336 e. The number of carboxylic acid groups (broad SMARTS) is 2. The van der Waals surface area contributed by atoms with Gasteiger partial charge >= 0.3 is 11.9 Å². The van der Waals surface area contributed by atoms with Crippen molar-refractivity contribution < 1.29 is 19.8 Å². The number of aromatic nitrogens is 2. The molecule has 0 bridgehead atoms. The molecular formula is C29H28N2O4. The third kappa shape index (κ3) is 3.51. The van der Waals surface area contributed by atoms with Crippen molar-refractivity contribution in [1.82, 2.24) is 9.55 Å². The van der Waals surface area contributed by atoms with Gasteiger partial charge in [0.05, 0.1) is 22.2 Å². The first-order valence-corrected chi connectivity index (χ1v) is 12.6. The first kappa shape index (κ1) is 21.8. The molecule has 3 aliphatic carbocycles. The zero-order valence-corrected chi connectivity index (χ0v) is 19.6. The largest absolute Gasteiger partial charge is 0.478 e. The Balaban J connectivity index is 1.71. The lowest BCUT2D eigenvalue weighted by atomic mass is 9.84. The summed E-state index contributed by atoms with van der Waals surface area (Å²) >= 11 is 0. The fraction of sp³-hybridized carbons (Fsp3) is 0.345. The van der Waals surface area contributed by atoms with Crippen LogP contribution in [0, 0.1) is 0 Å². The van der Waals surface area contributed by atoms with E-state index in [1.165, 1.54) is 40.8 Å². The van der Waals surface area contributed by atoms with Crippen molar-refractivity contribution in [2.45, 2.75) is 63.7 Å². The summed E-state index contributed by atoms with van der Waals surface area (Å²) in [7, 11) is 0. The number of benzene rings is 2. The lowest BCUT2D eigenvalue weighted by molar-refractivity contribution is 0.0651. The average molecular weight is 469 g/mol. The van der Waals surface area contributed by atoms with Gasteiger partial charge in [-0.15, -0.1) is 0 Å². The lowest BCUT2D eigenvalue weighted by Crippen LogP contribution is -2.14. The van der Waals surface area contributed by atoms with Gasteiger partial charge in [-0.25, -0.2) is 14.6 Å². The third-order valence-corrected chi connectivity index (χ3v) is 7.81. The minimum atomic E-state index is -1.24. The van der Waals surface area contributed by atoms with Crippen LogP contribution in [0.25, 0.3) is 28.9 Å². The van der Waals surface area contributed by atoms with Crippen molar-refractivity contribution in [2.24, 2.45) is 0 Å². The minimum Gasteiger partial charge on any atom is -0.478 e. The van der Waals surface area contributed by atoms with Crippen LogP contribution in [0.3, 0.4) is 0 Å². The highest BCUT2D eigenvalue weighted by Gasteiger charge is 2.30. The molecule has 35 heavy (non-hydrogen) atoms. The van der Waals surface area contributed by atoms with E-state index in [1.54, 1.807) is 6.07 Å². The fourth-order valence-corrected chi connectivity index (χ4v) is 6.20. The van der Waals surface area contributed by atoms with Crippen molar-refractivity contribution >= 4 is 35.1 Å². The van der Waals surface area contributed by atoms with E-state index in [1.807, 2.05) is 0 Å². The van der Waals surface area contributed by atoms with E-state index in [-0.39, 0.29) is 17.0 Å². The van der Waals surface area contributed by atoms with Crippen LogP contribution in [0.1, 0.15) is 99.7 Å². The Morgan fingerprint density at radius 2 is 1.51 bits per heavy atom. The normalized spacial score (nSPS) is 17.4. The predicted octanol–water partition coefficient (Wildman–Crippen LogP) is 6.39. The van der Waals surface area contributed by atoms with Gasteiger partial charge in [0.2, 0.25) is 0 Å². The SMILES string of the molecule is O=C(O)c1ccc(-n2c(C3CCCCC3)nc3c4c(c5c(c32)C=CCC5)CCC=C4)cc1C(=O)O. The zero-order valence-electron chi connectivity index (χ0n) is 19.6. The van der Waals surface area contributed by atoms with Crippen molar-refractivity contribution in [3.05, 3.63) is 69.6 Å². The van der Waals surface area contributed by atoms with E-state index in [0.717, 1.165) is 68.2 Å². The van der Waals surface area contributed by atoms with E-state index >= 15 is 0 Å². The Labute approximate surface area is 203 Å². The molecule has 1 heterocycles. The van der Waals surface area contributed by atoms with E-state index in [2.05, 4.69) is 28.9 Å². The molecule has 3 aromatic rings. The molecule has 0 unspecified atom stereocenters. The Morgan fingerprint density at radius 1 is 0.857 bits per heavy atom. The lowest BCUT2D eigenvalue weighted by Gasteiger charge is -2.24. The van der Waals surface area contributed by atoms with Crippen molar-refractivity contribution in [3.8, 4) is 5.69 Å². The van der Waals surface area contributed by atoms with Gasteiger partial charge in [-0.3, -0.25) is 4.57 Å². The first-order chi connectivity index (χ1) is 17.0. The summed E-state index contributed by atoms with van der Waals surface area (Å²) in [5.74, 6) is -1.23. The highest BCUT2D eigenvalue weighted by molar-refractivity contribution is 6.03. The van der Waals surface area contributed by atoms with Crippen molar-refractivity contribution in [2.75, 3.05) is 0 Å². The molecule has 178 valence electrons. The number of carboxylic acids is 2. The van der Waals surface area contributed by atoms with Gasteiger partial charge in [-0.2, -0.15) is 0 Å². The quantitative estimate of drug-likeness (QED) is 0.463. The maximum atomic E-state index is 12.0. The number of fused-ring (bicyclic) bond motifs is 6. The summed E-state index contributed by atoms with van der Waals surface area (Å²) in [5, 5.41) is 19.4. The zero-order chi connectivity index (χ0) is 24.1. The highest BCUT2D eigenvalue weighted by Crippen LogP contribution is 2.42. The van der Waals surface area contributed by atoms with Gasteiger partial charge < -0.3 is 10.2 Å². The maximum absolute atomic E-state index is 12.0. The van der Waals surface area contributed by atoms with Crippen LogP contribution in [0.5, 0.6) is 0 Å². The number of nitrogens with zero attached hydrogens (tertiary/aromatic N) is 2. The Hall–Kier alpha value is -3.67. The van der Waals surface area contributed by atoms with Crippen LogP contribution < -0.4 is 0 Å². The molecule has 3 aliphatic rings. The predicted molar refractivity (Wildman–Crippen MR) is 136 cm³/mol. The summed E-state index contributed by atoms with van der Waals surface area (Å²) in [6.07, 6.45) is 18.5. The van der Waals surface area contributed by atoms with Crippen LogP contribution in [-0.4, -0.2) is 31.7 Å². The van der Waals surface area contributed by atoms with E-state index in [0.29, 0.717) is 5.69 Å². The second kappa shape index (κ2) is 8.52. The number of allylic oxidation sites excluding steroid dienone is 2. The number of rotatable bonds is 4. The molecule has 6 nitrogen and oxygen atoms in total. The number of hydrogen-bond donors (Lipinski definition) is 2. The van der Waals surface area contributed by atoms with Gasteiger partial charge in [0.15, 0.2) is 0 Å². The molecule has 1 saturated carbocycles. The summed E-state index contributed by atoms with van der Waals surface area (Å²) in [5.41, 5.74) is 7.38. The van der Waals surface area contributed by atoms with Crippen LogP contribution in [0.4, 0.5) is 0 Å². The molecule has 0 radical (unpaired) electrons. The van der Waals surface area contributed by atoms with Gasteiger partial charge in [0.1, 0.15) is 5.82 Å².